The summed E-state index contributed by atoms with van der Waals surface area (Å²) < 4.78 is 57.0. The van der Waals surface area contributed by atoms with Gasteiger partial charge in [-0.05, 0) is 87.1 Å². The van der Waals surface area contributed by atoms with Crippen molar-refractivity contribution < 1.29 is 36.7 Å². The number of halogens is 3. The molecule has 2 amide bonds. The summed E-state index contributed by atoms with van der Waals surface area (Å²) in [4.78, 5) is 25.0. The third kappa shape index (κ3) is 8.13. The first-order valence-electron chi connectivity index (χ1n) is 13.6. The van der Waals surface area contributed by atoms with Gasteiger partial charge >= 0.3 is 12.3 Å². The lowest BCUT2D eigenvalue weighted by Gasteiger charge is -2.20. The van der Waals surface area contributed by atoms with Crippen LogP contribution in [0.15, 0.2) is 59.0 Å². The highest BCUT2D eigenvalue weighted by molar-refractivity contribution is 5.91. The molecule has 3 aromatic rings. The minimum absolute atomic E-state index is 0.0182. The molecule has 1 aromatic heterocycles. The monoisotopic (exact) mass is 572 g/mol. The van der Waals surface area contributed by atoms with Crippen molar-refractivity contribution in [1.82, 2.24) is 10.6 Å². The van der Waals surface area contributed by atoms with Crippen LogP contribution in [-0.4, -0.2) is 30.8 Å². The van der Waals surface area contributed by atoms with E-state index in [-0.39, 0.29) is 30.2 Å². The van der Waals surface area contributed by atoms with Crippen molar-refractivity contribution in [3.05, 3.63) is 82.8 Å². The molecule has 0 bridgehead atoms. The maximum atomic E-state index is 13.5. The van der Waals surface area contributed by atoms with E-state index in [1.165, 1.54) is 6.07 Å². The highest BCUT2D eigenvalue weighted by Crippen LogP contribution is 2.35. The Kier molecular flexibility index (Phi) is 9.11. The van der Waals surface area contributed by atoms with Gasteiger partial charge in [0.25, 0.3) is 5.91 Å². The van der Waals surface area contributed by atoms with Crippen LogP contribution in [0, 0.1) is 0 Å². The van der Waals surface area contributed by atoms with E-state index in [1.807, 2.05) is 13.0 Å². The number of carbonyl (C=O) groups excluding carboxylic acids is 2. The summed E-state index contributed by atoms with van der Waals surface area (Å²) >= 11 is 0. The fraction of sp³-hybridized carbons (Fsp3) is 0.419. The molecule has 4 rings (SSSR count). The van der Waals surface area contributed by atoms with Gasteiger partial charge in [0.05, 0.1) is 11.6 Å². The van der Waals surface area contributed by atoms with Gasteiger partial charge in [-0.15, -0.1) is 0 Å². The Hall–Kier alpha value is -3.79. The minimum Gasteiger partial charge on any atom is -0.456 e. The van der Waals surface area contributed by atoms with Crippen LogP contribution in [0.3, 0.4) is 0 Å². The van der Waals surface area contributed by atoms with Crippen LogP contribution >= 0.6 is 0 Å². The molecule has 0 radical (unpaired) electrons. The molecule has 2 N–H and O–H groups in total. The maximum absolute atomic E-state index is 13.5. The molecule has 1 aliphatic rings. The molecule has 2 aromatic carbocycles. The van der Waals surface area contributed by atoms with E-state index < -0.39 is 23.4 Å². The Bertz CT molecular complexity index is 1350. The van der Waals surface area contributed by atoms with Crippen LogP contribution < -0.4 is 10.6 Å². The number of ether oxygens (including phenoxy) is 2. The lowest BCUT2D eigenvalue weighted by Crippen LogP contribution is -2.32. The molecule has 1 atom stereocenters. The number of benzene rings is 2. The predicted octanol–water partition coefficient (Wildman–Crippen LogP) is 7.38. The maximum Gasteiger partial charge on any atom is 0.416 e. The fourth-order valence-corrected chi connectivity index (χ4v) is 4.64. The Morgan fingerprint density at radius 2 is 1.68 bits per heavy atom. The molecule has 0 saturated carbocycles. The van der Waals surface area contributed by atoms with Crippen molar-refractivity contribution in [3.63, 3.8) is 0 Å². The third-order valence-corrected chi connectivity index (χ3v) is 6.80. The highest BCUT2D eigenvalue weighted by Gasteiger charge is 2.31. The number of nitrogens with one attached hydrogen (secondary N) is 2. The van der Waals surface area contributed by atoms with Crippen LogP contribution in [0.1, 0.15) is 85.5 Å². The molecular weight excluding hydrogens is 537 g/mol. The Balaban J connectivity index is 1.48. The second kappa shape index (κ2) is 12.4. The van der Waals surface area contributed by atoms with Crippen molar-refractivity contribution in [3.8, 4) is 11.1 Å². The van der Waals surface area contributed by atoms with Crippen molar-refractivity contribution in [2.75, 3.05) is 13.2 Å². The summed E-state index contributed by atoms with van der Waals surface area (Å²) in [6.07, 6.45) is -3.50. The van der Waals surface area contributed by atoms with Crippen LogP contribution in [-0.2, 0) is 22.2 Å². The van der Waals surface area contributed by atoms with Gasteiger partial charge in [-0.2, -0.15) is 13.2 Å². The topological polar surface area (TPSA) is 89.8 Å². The minimum atomic E-state index is -4.53. The van der Waals surface area contributed by atoms with E-state index in [2.05, 4.69) is 10.6 Å². The SMILES string of the molecule is C[C@@H](NC(=O)c1ccc(C2CCOCC2)o1)c1ccc(-c2cc(C(F)(F)F)ccc2CNC(=O)OC(C)(C)C)cc1. The second-order valence-electron chi connectivity index (χ2n) is 11.1. The summed E-state index contributed by atoms with van der Waals surface area (Å²) in [5.41, 5.74) is 0.618. The molecule has 41 heavy (non-hydrogen) atoms. The zero-order valence-corrected chi connectivity index (χ0v) is 23.6. The van der Waals surface area contributed by atoms with Gasteiger partial charge in [0.1, 0.15) is 11.4 Å². The Morgan fingerprint density at radius 1 is 1.00 bits per heavy atom. The molecule has 10 heteroatoms. The quantitative estimate of drug-likeness (QED) is 0.309. The number of hydrogen-bond donors (Lipinski definition) is 2. The van der Waals surface area contributed by atoms with Gasteiger partial charge in [-0.1, -0.05) is 30.3 Å². The van der Waals surface area contributed by atoms with Gasteiger partial charge in [-0.25, -0.2) is 4.79 Å². The van der Waals surface area contributed by atoms with Crippen LogP contribution in [0.2, 0.25) is 0 Å². The van der Waals surface area contributed by atoms with E-state index in [4.69, 9.17) is 13.9 Å². The molecule has 1 fully saturated rings. The van der Waals surface area contributed by atoms with E-state index in [1.54, 1.807) is 51.1 Å². The number of hydrogen-bond acceptors (Lipinski definition) is 5. The van der Waals surface area contributed by atoms with Gasteiger partial charge in [0.15, 0.2) is 5.76 Å². The standard InChI is InChI=1S/C31H35F3N2O5/c1-19(36-28(37)27-12-11-26(40-27)22-13-15-39-16-14-22)20-5-7-21(8-6-20)25-17-24(31(32,33)34)10-9-23(25)18-35-29(38)41-30(2,3)4/h5-12,17,19,22H,13-16,18H2,1-4H3,(H,35,38)(H,36,37)/t19-/m1/s1. The molecule has 0 aliphatic carbocycles. The van der Waals surface area contributed by atoms with E-state index >= 15 is 0 Å². The highest BCUT2D eigenvalue weighted by atomic mass is 19.4. The zero-order valence-electron chi connectivity index (χ0n) is 23.6. The molecular formula is C31H35F3N2O5. The zero-order chi connectivity index (χ0) is 29.8. The summed E-state index contributed by atoms with van der Waals surface area (Å²) in [5, 5.41) is 5.52. The van der Waals surface area contributed by atoms with Crippen LogP contribution in [0.4, 0.5) is 18.0 Å². The average Bonchev–Trinajstić information content (AvgIpc) is 3.42. The Labute approximate surface area is 237 Å². The van der Waals surface area contributed by atoms with Gasteiger partial charge in [-0.3, -0.25) is 4.79 Å². The molecule has 220 valence electrons. The fourth-order valence-electron chi connectivity index (χ4n) is 4.64. The van der Waals surface area contributed by atoms with Gasteiger partial charge in [0.2, 0.25) is 0 Å². The van der Waals surface area contributed by atoms with Crippen LogP contribution in [0.5, 0.6) is 0 Å². The first-order chi connectivity index (χ1) is 19.3. The molecule has 0 unspecified atom stereocenters. The number of rotatable bonds is 7. The van der Waals surface area contributed by atoms with E-state index in [0.29, 0.717) is 29.9 Å². The van der Waals surface area contributed by atoms with Crippen LogP contribution in [0.25, 0.3) is 11.1 Å². The Morgan fingerprint density at radius 3 is 2.32 bits per heavy atom. The lowest BCUT2D eigenvalue weighted by molar-refractivity contribution is -0.137. The molecule has 1 saturated heterocycles. The smallest absolute Gasteiger partial charge is 0.416 e. The van der Waals surface area contributed by atoms with Crippen molar-refractivity contribution in [2.45, 2.75) is 70.8 Å². The summed E-state index contributed by atoms with van der Waals surface area (Å²) in [6.45, 7) is 8.30. The number of amides is 2. The number of furan rings is 1. The number of alkyl halides is 3. The van der Waals surface area contributed by atoms with Gasteiger partial charge in [0, 0.05) is 25.7 Å². The normalized spacial score (nSPS) is 15.3. The summed E-state index contributed by atoms with van der Waals surface area (Å²) in [7, 11) is 0. The largest absolute Gasteiger partial charge is 0.456 e. The van der Waals surface area contributed by atoms with Crippen molar-refractivity contribution in [2.24, 2.45) is 0 Å². The molecule has 7 nitrogen and oxygen atoms in total. The average molecular weight is 573 g/mol. The van der Waals surface area contributed by atoms with E-state index in [0.717, 1.165) is 36.3 Å². The van der Waals surface area contributed by atoms with Crippen molar-refractivity contribution in [1.29, 1.82) is 0 Å². The molecule has 2 heterocycles. The van der Waals surface area contributed by atoms with E-state index in [9.17, 15) is 22.8 Å². The van der Waals surface area contributed by atoms with Gasteiger partial charge < -0.3 is 24.5 Å². The number of carbonyl (C=O) groups is 2. The number of alkyl carbamates (subject to hydrolysis) is 1. The summed E-state index contributed by atoms with van der Waals surface area (Å²) in [5.74, 6) is 0.873. The second-order valence-corrected chi connectivity index (χ2v) is 11.1. The first kappa shape index (κ1) is 30.2. The van der Waals surface area contributed by atoms with Crippen molar-refractivity contribution >= 4 is 12.0 Å². The summed E-state index contributed by atoms with van der Waals surface area (Å²) in [6, 6.07) is 13.4. The molecule has 0 spiro atoms. The molecule has 1 aliphatic heterocycles. The predicted molar refractivity (Wildman–Crippen MR) is 147 cm³/mol. The third-order valence-electron chi connectivity index (χ3n) is 6.80. The lowest BCUT2D eigenvalue weighted by atomic mass is 9.95. The first-order valence-corrected chi connectivity index (χ1v) is 13.6.